The molecule has 0 aliphatic heterocycles. The van der Waals surface area contributed by atoms with E-state index in [1.807, 2.05) is 0 Å². The van der Waals surface area contributed by atoms with E-state index in [2.05, 4.69) is 37.3 Å². The largest absolute Gasteiger partial charge is 0.325 e. The molecule has 1 nitrogen and oxygen atoms in total. The Morgan fingerprint density at radius 2 is 2.00 bits per heavy atom. The van der Waals surface area contributed by atoms with E-state index in [0.29, 0.717) is 5.92 Å². The normalized spacial score (nSPS) is 30.8. The predicted octanol–water partition coefficient (Wildman–Crippen LogP) is 2.70. The van der Waals surface area contributed by atoms with Crippen molar-refractivity contribution in [3.8, 4) is 0 Å². The van der Waals surface area contributed by atoms with Gasteiger partial charge < -0.3 is 5.73 Å². The average molecular weight is 198 g/mol. The van der Waals surface area contributed by atoms with Gasteiger partial charge in [-0.25, -0.2) is 0 Å². The Labute approximate surface area is 85.7 Å². The third kappa shape index (κ3) is 1.87. The quantitative estimate of drug-likeness (QED) is 0.775. The number of benzene rings is 1. The van der Waals surface area contributed by atoms with Crippen LogP contribution in [0, 0.1) is 0 Å². The van der Waals surface area contributed by atoms with Gasteiger partial charge in [0, 0.05) is 11.5 Å². The van der Waals surface area contributed by atoms with Crippen molar-refractivity contribution in [2.24, 2.45) is 5.73 Å². The van der Waals surface area contributed by atoms with Gasteiger partial charge in [-0.05, 0) is 18.4 Å². The van der Waals surface area contributed by atoms with Gasteiger partial charge in [-0.1, -0.05) is 37.3 Å². The fourth-order valence-corrected chi connectivity index (χ4v) is 1.85. The van der Waals surface area contributed by atoms with E-state index in [1.165, 1.54) is 5.56 Å². The SMILES string of the molecule is CC[C@@]1(N)C[C@H]1c1ccccc1.Cl. The molecular weight excluding hydrogens is 182 g/mol. The Morgan fingerprint density at radius 3 is 2.46 bits per heavy atom. The van der Waals surface area contributed by atoms with Crippen LogP contribution in [0.2, 0.25) is 0 Å². The predicted molar refractivity (Wildman–Crippen MR) is 58.3 cm³/mol. The van der Waals surface area contributed by atoms with E-state index < -0.39 is 0 Å². The maximum atomic E-state index is 6.12. The molecule has 0 amide bonds. The van der Waals surface area contributed by atoms with Gasteiger partial charge in [-0.3, -0.25) is 0 Å². The van der Waals surface area contributed by atoms with Crippen LogP contribution in [0.25, 0.3) is 0 Å². The highest BCUT2D eigenvalue weighted by Crippen LogP contribution is 2.51. The van der Waals surface area contributed by atoms with Crippen molar-refractivity contribution in [1.29, 1.82) is 0 Å². The van der Waals surface area contributed by atoms with Gasteiger partial charge in [-0.2, -0.15) is 0 Å². The number of nitrogens with two attached hydrogens (primary N) is 1. The highest BCUT2D eigenvalue weighted by Gasteiger charge is 2.49. The Kier molecular flexibility index (Phi) is 2.99. The second kappa shape index (κ2) is 3.69. The number of hydrogen-bond acceptors (Lipinski definition) is 1. The minimum atomic E-state index is 0. The van der Waals surface area contributed by atoms with Crippen LogP contribution >= 0.6 is 12.4 Å². The molecule has 0 heterocycles. The highest BCUT2D eigenvalue weighted by molar-refractivity contribution is 5.85. The molecule has 0 unspecified atom stereocenters. The summed E-state index contributed by atoms with van der Waals surface area (Å²) in [7, 11) is 0. The summed E-state index contributed by atoms with van der Waals surface area (Å²) in [6, 6.07) is 10.6. The van der Waals surface area contributed by atoms with Crippen LogP contribution in [0.4, 0.5) is 0 Å². The average Bonchev–Trinajstić information content (AvgIpc) is 2.81. The monoisotopic (exact) mass is 197 g/mol. The topological polar surface area (TPSA) is 26.0 Å². The van der Waals surface area contributed by atoms with Crippen LogP contribution in [-0.2, 0) is 0 Å². The van der Waals surface area contributed by atoms with Crippen molar-refractivity contribution in [3.63, 3.8) is 0 Å². The first-order valence-corrected chi connectivity index (χ1v) is 4.60. The molecule has 0 saturated heterocycles. The van der Waals surface area contributed by atoms with Crippen LogP contribution in [0.15, 0.2) is 30.3 Å². The molecule has 0 aromatic heterocycles. The maximum Gasteiger partial charge on any atom is 0.0228 e. The lowest BCUT2D eigenvalue weighted by Crippen LogP contribution is -2.22. The molecule has 2 heteroatoms. The molecule has 2 atom stereocenters. The summed E-state index contributed by atoms with van der Waals surface area (Å²) in [6.07, 6.45) is 2.25. The molecule has 72 valence electrons. The number of halogens is 1. The van der Waals surface area contributed by atoms with Gasteiger partial charge in [0.2, 0.25) is 0 Å². The summed E-state index contributed by atoms with van der Waals surface area (Å²) in [5.41, 5.74) is 7.64. The van der Waals surface area contributed by atoms with Crippen LogP contribution in [0.1, 0.15) is 31.2 Å². The van der Waals surface area contributed by atoms with Crippen LogP contribution in [0.3, 0.4) is 0 Å². The van der Waals surface area contributed by atoms with Crippen molar-refractivity contribution in [2.75, 3.05) is 0 Å². The summed E-state index contributed by atoms with van der Waals surface area (Å²) >= 11 is 0. The van der Waals surface area contributed by atoms with Crippen molar-refractivity contribution in [3.05, 3.63) is 35.9 Å². The van der Waals surface area contributed by atoms with Gasteiger partial charge in [0.15, 0.2) is 0 Å². The molecule has 2 N–H and O–H groups in total. The molecular formula is C11H16ClN. The Bertz CT molecular complexity index is 273. The third-order valence-electron chi connectivity index (χ3n) is 2.98. The van der Waals surface area contributed by atoms with E-state index in [4.69, 9.17) is 5.73 Å². The molecule has 1 aliphatic rings. The lowest BCUT2D eigenvalue weighted by molar-refractivity contribution is 0.626. The van der Waals surface area contributed by atoms with Crippen molar-refractivity contribution in [2.45, 2.75) is 31.2 Å². The smallest absolute Gasteiger partial charge is 0.0228 e. The lowest BCUT2D eigenvalue weighted by Gasteiger charge is -2.06. The third-order valence-corrected chi connectivity index (χ3v) is 2.98. The van der Waals surface area contributed by atoms with Crippen LogP contribution < -0.4 is 5.73 Å². The molecule has 1 aliphatic carbocycles. The van der Waals surface area contributed by atoms with Gasteiger partial charge in [0.1, 0.15) is 0 Å². The first-order valence-electron chi connectivity index (χ1n) is 4.60. The van der Waals surface area contributed by atoms with Crippen molar-refractivity contribution < 1.29 is 0 Å². The molecule has 0 radical (unpaired) electrons. The molecule has 1 aromatic rings. The summed E-state index contributed by atoms with van der Waals surface area (Å²) in [5, 5.41) is 0. The fraction of sp³-hybridized carbons (Fsp3) is 0.455. The van der Waals surface area contributed by atoms with Crippen LogP contribution in [-0.4, -0.2) is 5.54 Å². The molecule has 13 heavy (non-hydrogen) atoms. The van der Waals surface area contributed by atoms with Gasteiger partial charge in [0.05, 0.1) is 0 Å². The minimum Gasteiger partial charge on any atom is -0.325 e. The Hall–Kier alpha value is -0.530. The molecule has 1 fully saturated rings. The molecule has 2 rings (SSSR count). The first-order chi connectivity index (χ1) is 5.76. The van der Waals surface area contributed by atoms with E-state index in [1.54, 1.807) is 0 Å². The van der Waals surface area contributed by atoms with E-state index in [-0.39, 0.29) is 17.9 Å². The van der Waals surface area contributed by atoms with Crippen molar-refractivity contribution >= 4 is 12.4 Å². The van der Waals surface area contributed by atoms with E-state index in [9.17, 15) is 0 Å². The standard InChI is InChI=1S/C11H15N.ClH/c1-2-11(12)8-10(11)9-6-4-3-5-7-9;/h3-7,10H,2,8,12H2,1H3;1H/t10-,11+;/m0./s1. The summed E-state index contributed by atoms with van der Waals surface area (Å²) in [4.78, 5) is 0. The Morgan fingerprint density at radius 1 is 1.38 bits per heavy atom. The summed E-state index contributed by atoms with van der Waals surface area (Å²) < 4.78 is 0. The Balaban J connectivity index is 0.000000845. The number of rotatable bonds is 2. The maximum absolute atomic E-state index is 6.12. The summed E-state index contributed by atoms with van der Waals surface area (Å²) in [6.45, 7) is 2.17. The zero-order valence-corrected chi connectivity index (χ0v) is 8.68. The van der Waals surface area contributed by atoms with Gasteiger partial charge in [0.25, 0.3) is 0 Å². The zero-order valence-electron chi connectivity index (χ0n) is 7.86. The first kappa shape index (κ1) is 10.6. The molecule has 0 spiro atoms. The van der Waals surface area contributed by atoms with Crippen molar-refractivity contribution in [1.82, 2.24) is 0 Å². The molecule has 0 bridgehead atoms. The highest BCUT2D eigenvalue weighted by atomic mass is 35.5. The summed E-state index contributed by atoms with van der Waals surface area (Å²) in [5.74, 6) is 0.615. The molecule has 1 saturated carbocycles. The number of hydrogen-bond donors (Lipinski definition) is 1. The fourth-order valence-electron chi connectivity index (χ4n) is 1.85. The zero-order chi connectivity index (χ0) is 8.60. The van der Waals surface area contributed by atoms with Crippen LogP contribution in [0.5, 0.6) is 0 Å². The van der Waals surface area contributed by atoms with Gasteiger partial charge >= 0.3 is 0 Å². The second-order valence-corrected chi connectivity index (χ2v) is 3.75. The molecule has 1 aromatic carbocycles. The van der Waals surface area contributed by atoms with Gasteiger partial charge in [-0.15, -0.1) is 12.4 Å². The van der Waals surface area contributed by atoms with E-state index >= 15 is 0 Å². The van der Waals surface area contributed by atoms with E-state index in [0.717, 1.165) is 12.8 Å². The minimum absolute atomic E-state index is 0. The second-order valence-electron chi connectivity index (χ2n) is 3.75. The lowest BCUT2D eigenvalue weighted by atomic mass is 10.1.